The molecule has 1 heterocycles. The summed E-state index contributed by atoms with van der Waals surface area (Å²) in [5.74, 6) is 0.267. The minimum atomic E-state index is -0.208. The largest absolute Gasteiger partial charge is 0.394 e. The molecule has 3 N–H and O–H groups in total. The van der Waals surface area contributed by atoms with E-state index in [2.05, 4.69) is 10.6 Å². The first-order valence-corrected chi connectivity index (χ1v) is 10.7. The van der Waals surface area contributed by atoms with Crippen LogP contribution in [0.1, 0.15) is 56.4 Å². The van der Waals surface area contributed by atoms with Crippen molar-refractivity contribution in [2.75, 3.05) is 13.2 Å². The number of aliphatic hydroxyl groups excluding tert-OH is 1. The number of amides is 3. The Morgan fingerprint density at radius 3 is 2.32 bits per heavy atom. The van der Waals surface area contributed by atoms with Gasteiger partial charge in [-0.25, -0.2) is 4.79 Å². The summed E-state index contributed by atoms with van der Waals surface area (Å²) in [7, 11) is 0. The van der Waals surface area contributed by atoms with Crippen LogP contribution in [0.25, 0.3) is 0 Å². The lowest BCUT2D eigenvalue weighted by Gasteiger charge is -2.56. The third-order valence-electron chi connectivity index (χ3n) is 6.79. The van der Waals surface area contributed by atoms with Gasteiger partial charge in [-0.05, 0) is 31.2 Å². The van der Waals surface area contributed by atoms with Crippen LogP contribution < -0.4 is 10.6 Å². The number of likely N-dealkylation sites (tertiary alicyclic amines) is 1. The van der Waals surface area contributed by atoms with Crippen LogP contribution in [0.5, 0.6) is 0 Å². The molecule has 0 bridgehead atoms. The highest BCUT2D eigenvalue weighted by Crippen LogP contribution is 2.43. The lowest BCUT2D eigenvalue weighted by atomic mass is 9.72. The van der Waals surface area contributed by atoms with E-state index in [4.69, 9.17) is 0 Å². The number of carbonyl (C=O) groups excluding carboxylic acids is 2. The van der Waals surface area contributed by atoms with Crippen molar-refractivity contribution in [1.82, 2.24) is 15.5 Å². The summed E-state index contributed by atoms with van der Waals surface area (Å²) in [5.41, 5.74) is 1.11. The van der Waals surface area contributed by atoms with Crippen LogP contribution in [0, 0.1) is 5.92 Å². The van der Waals surface area contributed by atoms with Gasteiger partial charge >= 0.3 is 6.03 Å². The first-order valence-electron chi connectivity index (χ1n) is 10.7. The molecule has 152 valence electrons. The molecule has 6 heteroatoms. The summed E-state index contributed by atoms with van der Waals surface area (Å²) in [4.78, 5) is 27.2. The van der Waals surface area contributed by atoms with Gasteiger partial charge in [0.25, 0.3) is 0 Å². The van der Waals surface area contributed by atoms with Crippen LogP contribution in [0.3, 0.4) is 0 Å². The lowest BCUT2D eigenvalue weighted by molar-refractivity contribution is -0.157. The molecule has 4 rings (SSSR count). The van der Waals surface area contributed by atoms with E-state index in [-0.39, 0.29) is 48.5 Å². The SMILES string of the molecule is O=C(NC[C@H]1[C@@H](c2ccccc2)[C@@H](CO)N1C(=O)C1CCC1)NC1CCCC1. The van der Waals surface area contributed by atoms with Crippen molar-refractivity contribution in [3.63, 3.8) is 0 Å². The predicted molar refractivity (Wildman–Crippen MR) is 107 cm³/mol. The molecule has 3 atom stereocenters. The number of rotatable bonds is 6. The maximum atomic E-state index is 13.0. The molecule has 0 unspecified atom stereocenters. The molecule has 2 aliphatic carbocycles. The quantitative estimate of drug-likeness (QED) is 0.703. The smallest absolute Gasteiger partial charge is 0.315 e. The molecule has 28 heavy (non-hydrogen) atoms. The van der Waals surface area contributed by atoms with Crippen LogP contribution in [0.4, 0.5) is 4.79 Å². The predicted octanol–water partition coefficient (Wildman–Crippen LogP) is 2.38. The van der Waals surface area contributed by atoms with E-state index < -0.39 is 0 Å². The second-order valence-electron chi connectivity index (χ2n) is 8.46. The lowest BCUT2D eigenvalue weighted by Crippen LogP contribution is -2.70. The van der Waals surface area contributed by atoms with Crippen LogP contribution in [-0.4, -0.2) is 53.2 Å². The van der Waals surface area contributed by atoms with Crippen LogP contribution in [-0.2, 0) is 4.79 Å². The second kappa shape index (κ2) is 8.52. The van der Waals surface area contributed by atoms with Gasteiger partial charge in [0.2, 0.25) is 5.91 Å². The summed E-state index contributed by atoms with van der Waals surface area (Å²) in [6, 6.07) is 9.83. The van der Waals surface area contributed by atoms with Crippen molar-refractivity contribution in [2.45, 2.75) is 69.0 Å². The number of carbonyl (C=O) groups is 2. The zero-order chi connectivity index (χ0) is 19.5. The summed E-state index contributed by atoms with van der Waals surface area (Å²) in [5, 5.41) is 16.0. The van der Waals surface area contributed by atoms with Gasteiger partial charge in [-0.3, -0.25) is 4.79 Å². The minimum absolute atomic E-state index is 0.0435. The van der Waals surface area contributed by atoms with Crippen LogP contribution in [0.2, 0.25) is 0 Å². The Morgan fingerprint density at radius 1 is 1.00 bits per heavy atom. The molecule has 0 aromatic heterocycles. The normalized spacial score (nSPS) is 27.8. The highest BCUT2D eigenvalue weighted by atomic mass is 16.3. The molecule has 1 aromatic rings. The standard InChI is InChI=1S/C22H31N3O3/c26-14-19-20(15-7-2-1-3-8-15)18(25(19)21(27)16-9-6-10-16)13-23-22(28)24-17-11-4-5-12-17/h1-3,7-8,16-20,26H,4-6,9-14H2,(H2,23,24,28)/t18-,19+,20+/m0/s1. The number of nitrogens with one attached hydrogen (secondary N) is 2. The van der Waals surface area contributed by atoms with E-state index in [1.54, 1.807) is 0 Å². The fourth-order valence-electron chi connectivity index (χ4n) is 4.99. The third-order valence-corrected chi connectivity index (χ3v) is 6.79. The van der Waals surface area contributed by atoms with Gasteiger partial charge in [-0.2, -0.15) is 0 Å². The van der Waals surface area contributed by atoms with Gasteiger partial charge in [0.05, 0.1) is 18.7 Å². The fraction of sp³-hybridized carbons (Fsp3) is 0.636. The van der Waals surface area contributed by atoms with E-state index >= 15 is 0 Å². The zero-order valence-corrected chi connectivity index (χ0v) is 16.3. The number of benzene rings is 1. The minimum Gasteiger partial charge on any atom is -0.394 e. The van der Waals surface area contributed by atoms with Crippen LogP contribution in [0.15, 0.2) is 30.3 Å². The number of aliphatic hydroxyl groups is 1. The van der Waals surface area contributed by atoms with Crippen molar-refractivity contribution in [3.8, 4) is 0 Å². The Kier molecular flexibility index (Phi) is 5.85. The van der Waals surface area contributed by atoms with Crippen molar-refractivity contribution in [1.29, 1.82) is 0 Å². The van der Waals surface area contributed by atoms with Gasteiger partial charge < -0.3 is 20.6 Å². The Balaban J connectivity index is 1.45. The molecule has 1 saturated heterocycles. The van der Waals surface area contributed by atoms with E-state index in [0.717, 1.165) is 37.7 Å². The maximum absolute atomic E-state index is 13.0. The average Bonchev–Trinajstić information content (AvgIpc) is 3.13. The van der Waals surface area contributed by atoms with E-state index in [0.29, 0.717) is 6.54 Å². The van der Waals surface area contributed by atoms with E-state index in [1.807, 2.05) is 35.2 Å². The monoisotopic (exact) mass is 385 g/mol. The number of hydrogen-bond acceptors (Lipinski definition) is 3. The van der Waals surface area contributed by atoms with Crippen LogP contribution >= 0.6 is 0 Å². The van der Waals surface area contributed by atoms with Crippen molar-refractivity contribution >= 4 is 11.9 Å². The van der Waals surface area contributed by atoms with Gasteiger partial charge in [0.1, 0.15) is 0 Å². The molecule has 3 fully saturated rings. The molecule has 1 aromatic carbocycles. The first-order chi connectivity index (χ1) is 13.7. The molecule has 0 spiro atoms. The molecule has 0 radical (unpaired) electrons. The Labute approximate surface area is 166 Å². The Hall–Kier alpha value is -2.08. The average molecular weight is 386 g/mol. The molecule has 3 amide bonds. The van der Waals surface area contributed by atoms with Gasteiger partial charge in [0.15, 0.2) is 0 Å². The zero-order valence-electron chi connectivity index (χ0n) is 16.3. The molecule has 2 saturated carbocycles. The summed E-state index contributed by atoms with van der Waals surface area (Å²) < 4.78 is 0. The van der Waals surface area contributed by atoms with Crippen molar-refractivity contribution in [3.05, 3.63) is 35.9 Å². The number of urea groups is 1. The van der Waals surface area contributed by atoms with Gasteiger partial charge in [-0.15, -0.1) is 0 Å². The van der Waals surface area contributed by atoms with E-state index in [1.165, 1.54) is 12.8 Å². The number of nitrogens with zero attached hydrogens (tertiary/aromatic N) is 1. The van der Waals surface area contributed by atoms with Crippen molar-refractivity contribution in [2.24, 2.45) is 5.92 Å². The molecule has 6 nitrogen and oxygen atoms in total. The molecule has 3 aliphatic rings. The topological polar surface area (TPSA) is 81.7 Å². The highest BCUT2D eigenvalue weighted by Gasteiger charge is 2.52. The summed E-state index contributed by atoms with van der Waals surface area (Å²) in [6.07, 6.45) is 7.40. The van der Waals surface area contributed by atoms with E-state index in [9.17, 15) is 14.7 Å². The molecule has 1 aliphatic heterocycles. The maximum Gasteiger partial charge on any atom is 0.315 e. The fourth-order valence-corrected chi connectivity index (χ4v) is 4.99. The third kappa shape index (κ3) is 3.75. The number of hydrogen-bond donors (Lipinski definition) is 3. The molecular weight excluding hydrogens is 354 g/mol. The molecular formula is C22H31N3O3. The van der Waals surface area contributed by atoms with Gasteiger partial charge in [0, 0.05) is 24.4 Å². The van der Waals surface area contributed by atoms with Crippen molar-refractivity contribution < 1.29 is 14.7 Å². The Morgan fingerprint density at radius 2 is 1.71 bits per heavy atom. The summed E-state index contributed by atoms with van der Waals surface area (Å²) >= 11 is 0. The second-order valence-corrected chi connectivity index (χ2v) is 8.46. The first kappa shape index (κ1) is 19.2. The Bertz CT molecular complexity index is 686. The summed E-state index contributed by atoms with van der Waals surface area (Å²) in [6.45, 7) is 0.357. The highest BCUT2D eigenvalue weighted by molar-refractivity contribution is 5.82. The van der Waals surface area contributed by atoms with Gasteiger partial charge in [-0.1, -0.05) is 49.6 Å².